The first-order valence-electron chi connectivity index (χ1n) is 9.29. The van der Waals surface area contributed by atoms with Crippen LogP contribution in [0.5, 0.6) is 0 Å². The topological polar surface area (TPSA) is 92.1 Å². The lowest BCUT2D eigenvalue weighted by Gasteiger charge is -2.28. The van der Waals surface area contributed by atoms with Crippen molar-refractivity contribution in [3.8, 4) is 0 Å². The first kappa shape index (κ1) is 20.4. The summed E-state index contributed by atoms with van der Waals surface area (Å²) in [7, 11) is -3.67. The third-order valence-corrected chi connectivity index (χ3v) is 6.57. The van der Waals surface area contributed by atoms with E-state index in [0.29, 0.717) is 32.0 Å². The summed E-state index contributed by atoms with van der Waals surface area (Å²) in [6.45, 7) is 6.81. The summed E-state index contributed by atoms with van der Waals surface area (Å²) in [4.78, 5) is 14.7. The van der Waals surface area contributed by atoms with Crippen molar-refractivity contribution in [1.29, 1.82) is 0 Å². The zero-order chi connectivity index (χ0) is 20.1. The van der Waals surface area contributed by atoms with Crippen molar-refractivity contribution in [2.75, 3.05) is 49.6 Å². The Balaban J connectivity index is 1.98. The van der Waals surface area contributed by atoms with E-state index in [0.717, 1.165) is 18.8 Å². The molecule has 8 nitrogen and oxygen atoms in total. The second-order valence-electron chi connectivity index (χ2n) is 6.30. The molecule has 0 radical (unpaired) electrons. The predicted octanol–water partition coefficient (Wildman–Crippen LogP) is 2.40. The number of anilines is 2. The summed E-state index contributed by atoms with van der Waals surface area (Å²) < 4.78 is 37.8. The highest BCUT2D eigenvalue weighted by molar-refractivity contribution is 7.89. The zero-order valence-electron chi connectivity index (χ0n) is 16.1. The lowest BCUT2D eigenvalue weighted by molar-refractivity contribution is 0.0730. The van der Waals surface area contributed by atoms with Crippen molar-refractivity contribution < 1.29 is 22.4 Å². The van der Waals surface area contributed by atoms with Crippen LogP contribution in [0.3, 0.4) is 0 Å². The first-order chi connectivity index (χ1) is 13.5. The monoisotopic (exact) mass is 407 g/mol. The number of furan rings is 1. The Bertz CT molecular complexity index is 902. The van der Waals surface area contributed by atoms with Crippen molar-refractivity contribution in [1.82, 2.24) is 4.31 Å². The number of morpholine rings is 1. The second kappa shape index (κ2) is 8.76. The average Bonchev–Trinajstić information content (AvgIpc) is 3.25. The maximum absolute atomic E-state index is 13.0. The normalized spacial score (nSPS) is 15.4. The Morgan fingerprint density at radius 1 is 1.18 bits per heavy atom. The van der Waals surface area contributed by atoms with Crippen LogP contribution in [0.15, 0.2) is 45.9 Å². The molecule has 2 heterocycles. The van der Waals surface area contributed by atoms with Gasteiger partial charge in [0, 0.05) is 26.2 Å². The van der Waals surface area contributed by atoms with Crippen LogP contribution in [0.1, 0.15) is 24.4 Å². The molecule has 1 aliphatic heterocycles. The van der Waals surface area contributed by atoms with E-state index >= 15 is 0 Å². The molecule has 1 amide bonds. The molecular formula is C19H25N3O5S. The van der Waals surface area contributed by atoms with Crippen LogP contribution >= 0.6 is 0 Å². The second-order valence-corrected chi connectivity index (χ2v) is 8.24. The Kier molecular flexibility index (Phi) is 6.38. The van der Waals surface area contributed by atoms with Gasteiger partial charge in [-0.1, -0.05) is 0 Å². The number of benzene rings is 1. The van der Waals surface area contributed by atoms with Gasteiger partial charge in [-0.25, -0.2) is 8.42 Å². The fraction of sp³-hybridized carbons (Fsp3) is 0.421. The van der Waals surface area contributed by atoms with Gasteiger partial charge < -0.3 is 19.4 Å². The standard InChI is InChI=1S/C19H25N3O5S/c1-3-21(4-2)17-8-7-15(28(24,25)22-9-12-26-13-10-22)14-16(17)20-19(23)18-6-5-11-27-18/h5-8,11,14H,3-4,9-10,12-13H2,1-2H3,(H,20,23). The van der Waals surface area contributed by atoms with Crippen molar-refractivity contribution in [2.24, 2.45) is 0 Å². The van der Waals surface area contributed by atoms with Gasteiger partial charge in [0.2, 0.25) is 10.0 Å². The molecule has 152 valence electrons. The summed E-state index contributed by atoms with van der Waals surface area (Å²) >= 11 is 0. The Morgan fingerprint density at radius 3 is 2.50 bits per heavy atom. The average molecular weight is 407 g/mol. The van der Waals surface area contributed by atoms with E-state index in [2.05, 4.69) is 5.32 Å². The molecule has 0 aliphatic carbocycles. The summed E-state index contributed by atoms with van der Waals surface area (Å²) in [5, 5.41) is 2.80. The van der Waals surface area contributed by atoms with Crippen LogP contribution in [0, 0.1) is 0 Å². The molecule has 3 rings (SSSR count). The number of nitrogens with zero attached hydrogens (tertiary/aromatic N) is 2. The van der Waals surface area contributed by atoms with Gasteiger partial charge in [-0.05, 0) is 44.2 Å². The highest BCUT2D eigenvalue weighted by atomic mass is 32.2. The molecule has 0 saturated carbocycles. The van der Waals surface area contributed by atoms with Gasteiger partial charge in [0.15, 0.2) is 5.76 Å². The van der Waals surface area contributed by atoms with Crippen LogP contribution in [-0.2, 0) is 14.8 Å². The minimum atomic E-state index is -3.67. The number of hydrogen-bond donors (Lipinski definition) is 1. The Morgan fingerprint density at radius 2 is 1.89 bits per heavy atom. The Hall–Kier alpha value is -2.36. The summed E-state index contributed by atoms with van der Waals surface area (Å²) in [5.74, 6) is -0.272. The van der Waals surface area contributed by atoms with E-state index in [1.54, 1.807) is 24.3 Å². The molecular weight excluding hydrogens is 382 g/mol. The van der Waals surface area contributed by atoms with Gasteiger partial charge in [0.1, 0.15) is 0 Å². The molecule has 1 N–H and O–H groups in total. The SMILES string of the molecule is CCN(CC)c1ccc(S(=O)(=O)N2CCOCC2)cc1NC(=O)c1ccco1. The largest absolute Gasteiger partial charge is 0.459 e. The van der Waals surface area contributed by atoms with Gasteiger partial charge >= 0.3 is 0 Å². The number of carbonyl (C=O) groups excluding carboxylic acids is 1. The van der Waals surface area contributed by atoms with Crippen molar-refractivity contribution in [3.63, 3.8) is 0 Å². The Labute approximate surface area is 165 Å². The fourth-order valence-corrected chi connectivity index (χ4v) is 4.58. The van der Waals surface area contributed by atoms with Crippen LogP contribution in [0.4, 0.5) is 11.4 Å². The lowest BCUT2D eigenvalue weighted by atomic mass is 10.2. The number of amides is 1. The van der Waals surface area contributed by atoms with E-state index in [1.165, 1.54) is 16.6 Å². The number of carbonyl (C=O) groups is 1. The van der Waals surface area contributed by atoms with Crippen LogP contribution in [0.2, 0.25) is 0 Å². The van der Waals surface area contributed by atoms with Gasteiger partial charge in [0.25, 0.3) is 5.91 Å². The fourth-order valence-electron chi connectivity index (χ4n) is 3.14. The van der Waals surface area contributed by atoms with Gasteiger partial charge in [0.05, 0.1) is 35.7 Å². The summed E-state index contributed by atoms with van der Waals surface area (Å²) in [5.41, 5.74) is 1.19. The van der Waals surface area contributed by atoms with Crippen molar-refractivity contribution >= 4 is 27.3 Å². The number of sulfonamides is 1. The molecule has 9 heteroatoms. The molecule has 1 aromatic carbocycles. The first-order valence-corrected chi connectivity index (χ1v) is 10.7. The quantitative estimate of drug-likeness (QED) is 0.758. The lowest BCUT2D eigenvalue weighted by Crippen LogP contribution is -2.40. The predicted molar refractivity (Wildman–Crippen MR) is 106 cm³/mol. The molecule has 0 spiro atoms. The smallest absolute Gasteiger partial charge is 0.291 e. The molecule has 1 aromatic heterocycles. The summed E-state index contributed by atoms with van der Waals surface area (Å²) in [6.07, 6.45) is 1.42. The highest BCUT2D eigenvalue weighted by Gasteiger charge is 2.27. The maximum Gasteiger partial charge on any atom is 0.291 e. The molecule has 1 fully saturated rings. The van der Waals surface area contributed by atoms with Crippen LogP contribution in [-0.4, -0.2) is 58.0 Å². The van der Waals surface area contributed by atoms with Gasteiger partial charge in [-0.3, -0.25) is 4.79 Å². The third-order valence-electron chi connectivity index (χ3n) is 4.67. The number of rotatable bonds is 7. The number of ether oxygens (including phenoxy) is 1. The number of hydrogen-bond acceptors (Lipinski definition) is 6. The minimum absolute atomic E-state index is 0.139. The van der Waals surface area contributed by atoms with Gasteiger partial charge in [-0.15, -0.1) is 0 Å². The molecule has 1 saturated heterocycles. The zero-order valence-corrected chi connectivity index (χ0v) is 16.9. The molecule has 0 bridgehead atoms. The molecule has 0 atom stereocenters. The van der Waals surface area contributed by atoms with Crippen molar-refractivity contribution in [3.05, 3.63) is 42.4 Å². The maximum atomic E-state index is 13.0. The van der Waals surface area contributed by atoms with E-state index < -0.39 is 15.9 Å². The van der Waals surface area contributed by atoms with Crippen molar-refractivity contribution in [2.45, 2.75) is 18.7 Å². The van der Waals surface area contributed by atoms with E-state index in [9.17, 15) is 13.2 Å². The molecule has 2 aromatic rings. The van der Waals surface area contributed by atoms with E-state index in [1.807, 2.05) is 18.7 Å². The van der Waals surface area contributed by atoms with Crippen LogP contribution in [0.25, 0.3) is 0 Å². The third kappa shape index (κ3) is 4.21. The van der Waals surface area contributed by atoms with Crippen LogP contribution < -0.4 is 10.2 Å². The summed E-state index contributed by atoms with van der Waals surface area (Å²) in [6, 6.07) is 8.01. The van der Waals surface area contributed by atoms with Gasteiger partial charge in [-0.2, -0.15) is 4.31 Å². The molecule has 1 aliphatic rings. The minimum Gasteiger partial charge on any atom is -0.459 e. The van der Waals surface area contributed by atoms with E-state index in [-0.39, 0.29) is 10.7 Å². The molecule has 0 unspecified atom stereocenters. The van der Waals surface area contributed by atoms with E-state index in [4.69, 9.17) is 9.15 Å². The molecule has 28 heavy (non-hydrogen) atoms. The number of nitrogens with one attached hydrogen (secondary N) is 1. The highest BCUT2D eigenvalue weighted by Crippen LogP contribution is 2.31.